The molecule has 0 aromatic heterocycles. The van der Waals surface area contributed by atoms with Crippen LogP contribution in [0.3, 0.4) is 0 Å². The van der Waals surface area contributed by atoms with Crippen LogP contribution in [-0.2, 0) is 9.53 Å². The predicted octanol–water partition coefficient (Wildman–Crippen LogP) is 4.85. The molecule has 0 saturated heterocycles. The van der Waals surface area contributed by atoms with Gasteiger partial charge < -0.3 is 4.74 Å². The Balaban J connectivity index is 1.74. The number of hydrogen-bond acceptors (Lipinski definition) is 5. The number of carbonyl (C=O) groups is 2. The molecular formula is C25H18N2O5. The average molecular weight is 426 g/mol. The van der Waals surface area contributed by atoms with Crippen molar-refractivity contribution >= 4 is 35.0 Å². The summed E-state index contributed by atoms with van der Waals surface area (Å²) in [6, 6.07) is 22.1. The SMILES string of the molecule is COC(=O)c1ccc(N2C(=O)/C(=C/c3ccc([N+](=O)[O-])cc3)C=C2c2ccccc2)cc1. The minimum absolute atomic E-state index is 0.0160. The number of nitro benzene ring substituents is 1. The third kappa shape index (κ3) is 4.04. The summed E-state index contributed by atoms with van der Waals surface area (Å²) in [4.78, 5) is 37.1. The Labute approximate surface area is 184 Å². The van der Waals surface area contributed by atoms with Gasteiger partial charge in [0.2, 0.25) is 0 Å². The minimum Gasteiger partial charge on any atom is -0.465 e. The molecule has 0 bridgehead atoms. The summed E-state index contributed by atoms with van der Waals surface area (Å²) in [6.45, 7) is 0. The highest BCUT2D eigenvalue weighted by Gasteiger charge is 2.30. The van der Waals surface area contributed by atoms with E-state index in [1.165, 1.54) is 19.2 Å². The van der Waals surface area contributed by atoms with Crippen molar-refractivity contribution in [3.8, 4) is 0 Å². The first-order valence-electron chi connectivity index (χ1n) is 9.74. The molecule has 0 aliphatic carbocycles. The lowest BCUT2D eigenvalue weighted by Crippen LogP contribution is -2.25. The van der Waals surface area contributed by atoms with Crippen molar-refractivity contribution in [2.45, 2.75) is 0 Å². The molecule has 158 valence electrons. The number of non-ortho nitro benzene ring substituents is 1. The number of anilines is 1. The Morgan fingerprint density at radius 3 is 2.22 bits per heavy atom. The van der Waals surface area contributed by atoms with Crippen LogP contribution in [-0.4, -0.2) is 23.9 Å². The van der Waals surface area contributed by atoms with Gasteiger partial charge in [0.1, 0.15) is 0 Å². The Bertz CT molecular complexity index is 1240. The average Bonchev–Trinajstić information content (AvgIpc) is 3.15. The van der Waals surface area contributed by atoms with E-state index >= 15 is 0 Å². The molecule has 1 heterocycles. The number of carbonyl (C=O) groups excluding carboxylic acids is 2. The number of hydrogen-bond donors (Lipinski definition) is 0. The highest BCUT2D eigenvalue weighted by molar-refractivity contribution is 6.23. The number of nitrogens with zero attached hydrogens (tertiary/aromatic N) is 2. The van der Waals surface area contributed by atoms with Crippen molar-refractivity contribution in [2.75, 3.05) is 12.0 Å². The lowest BCUT2D eigenvalue weighted by Gasteiger charge is -2.21. The van der Waals surface area contributed by atoms with E-state index in [9.17, 15) is 19.7 Å². The fourth-order valence-corrected chi connectivity index (χ4v) is 3.43. The van der Waals surface area contributed by atoms with E-state index in [-0.39, 0.29) is 11.6 Å². The first kappa shape index (κ1) is 20.7. The first-order chi connectivity index (χ1) is 15.5. The maximum Gasteiger partial charge on any atom is 0.337 e. The van der Waals surface area contributed by atoms with Crippen LogP contribution in [0.15, 0.2) is 90.5 Å². The van der Waals surface area contributed by atoms with Crippen LogP contribution in [0.25, 0.3) is 11.8 Å². The molecule has 0 saturated carbocycles. The van der Waals surface area contributed by atoms with Gasteiger partial charge in [-0.25, -0.2) is 4.79 Å². The van der Waals surface area contributed by atoms with E-state index in [2.05, 4.69) is 0 Å². The van der Waals surface area contributed by atoms with E-state index in [1.807, 2.05) is 30.3 Å². The zero-order valence-corrected chi connectivity index (χ0v) is 17.1. The zero-order chi connectivity index (χ0) is 22.7. The Kier molecular flexibility index (Phi) is 5.63. The first-order valence-corrected chi connectivity index (χ1v) is 9.74. The van der Waals surface area contributed by atoms with Gasteiger partial charge in [-0.15, -0.1) is 0 Å². The second kappa shape index (κ2) is 8.69. The van der Waals surface area contributed by atoms with Gasteiger partial charge in [-0.3, -0.25) is 19.8 Å². The summed E-state index contributed by atoms with van der Waals surface area (Å²) in [5.41, 5.74) is 3.62. The normalized spacial score (nSPS) is 14.4. The molecule has 32 heavy (non-hydrogen) atoms. The van der Waals surface area contributed by atoms with Gasteiger partial charge in [0.15, 0.2) is 0 Å². The van der Waals surface area contributed by atoms with E-state index < -0.39 is 10.9 Å². The fraction of sp³-hybridized carbons (Fsp3) is 0.0400. The number of ether oxygens (including phenoxy) is 1. The summed E-state index contributed by atoms with van der Waals surface area (Å²) in [6.07, 6.45) is 3.48. The fourth-order valence-electron chi connectivity index (χ4n) is 3.43. The van der Waals surface area contributed by atoms with Gasteiger partial charge in [-0.2, -0.15) is 0 Å². The lowest BCUT2D eigenvalue weighted by molar-refractivity contribution is -0.384. The van der Waals surface area contributed by atoms with Crippen molar-refractivity contribution in [1.29, 1.82) is 0 Å². The van der Waals surface area contributed by atoms with Crippen LogP contribution < -0.4 is 4.90 Å². The molecule has 1 aliphatic rings. The molecule has 0 radical (unpaired) electrons. The van der Waals surface area contributed by atoms with Gasteiger partial charge in [0.05, 0.1) is 23.3 Å². The molecule has 1 aliphatic heterocycles. The van der Waals surface area contributed by atoms with Crippen LogP contribution in [0.5, 0.6) is 0 Å². The number of esters is 1. The van der Waals surface area contributed by atoms with Crippen LogP contribution in [0.2, 0.25) is 0 Å². The molecule has 0 N–H and O–H groups in total. The Morgan fingerprint density at radius 2 is 1.62 bits per heavy atom. The monoisotopic (exact) mass is 426 g/mol. The van der Waals surface area contributed by atoms with E-state index in [4.69, 9.17) is 4.74 Å². The second-order valence-electron chi connectivity index (χ2n) is 7.02. The highest BCUT2D eigenvalue weighted by atomic mass is 16.6. The van der Waals surface area contributed by atoms with Gasteiger partial charge in [0.25, 0.3) is 11.6 Å². The minimum atomic E-state index is -0.467. The summed E-state index contributed by atoms with van der Waals surface area (Å²) < 4.78 is 4.74. The Hall–Kier alpha value is -4.52. The van der Waals surface area contributed by atoms with Crippen LogP contribution in [0.4, 0.5) is 11.4 Å². The molecule has 1 amide bonds. The topological polar surface area (TPSA) is 89.8 Å². The Morgan fingerprint density at radius 1 is 0.969 bits per heavy atom. The maximum atomic E-state index is 13.3. The van der Waals surface area contributed by atoms with Gasteiger partial charge >= 0.3 is 5.97 Å². The van der Waals surface area contributed by atoms with Crippen molar-refractivity contribution in [2.24, 2.45) is 0 Å². The number of nitro groups is 1. The summed E-state index contributed by atoms with van der Waals surface area (Å²) in [5.74, 6) is -0.699. The zero-order valence-electron chi connectivity index (χ0n) is 17.1. The highest BCUT2D eigenvalue weighted by Crippen LogP contribution is 2.35. The number of benzene rings is 3. The third-order valence-corrected chi connectivity index (χ3v) is 5.03. The molecule has 3 aromatic carbocycles. The van der Waals surface area contributed by atoms with Gasteiger partial charge in [-0.05, 0) is 59.7 Å². The number of rotatable bonds is 5. The molecule has 3 aromatic rings. The summed E-state index contributed by atoms with van der Waals surface area (Å²) >= 11 is 0. The molecule has 4 rings (SSSR count). The van der Waals surface area contributed by atoms with Crippen molar-refractivity contribution < 1.29 is 19.2 Å². The molecule has 0 fully saturated rings. The predicted molar refractivity (Wildman–Crippen MR) is 121 cm³/mol. The van der Waals surface area contributed by atoms with Crippen LogP contribution >= 0.6 is 0 Å². The van der Waals surface area contributed by atoms with Crippen LogP contribution in [0, 0.1) is 10.1 Å². The number of methoxy groups -OCH3 is 1. The molecular weight excluding hydrogens is 408 g/mol. The molecule has 0 atom stereocenters. The van der Waals surface area contributed by atoms with E-state index in [1.54, 1.807) is 53.5 Å². The van der Waals surface area contributed by atoms with E-state index in [0.717, 1.165) is 5.56 Å². The smallest absolute Gasteiger partial charge is 0.337 e. The maximum absolute atomic E-state index is 13.3. The third-order valence-electron chi connectivity index (χ3n) is 5.03. The lowest BCUT2D eigenvalue weighted by atomic mass is 10.1. The van der Waals surface area contributed by atoms with E-state index in [0.29, 0.717) is 28.1 Å². The standard InChI is InChI=1S/C25H18N2O5/c1-32-25(29)19-9-13-21(14-10-19)26-23(18-5-3-2-4-6-18)16-20(24(26)28)15-17-7-11-22(12-8-17)27(30)31/h2-16H,1H3/b20-15+. The largest absolute Gasteiger partial charge is 0.465 e. The van der Waals surface area contributed by atoms with Gasteiger partial charge in [-0.1, -0.05) is 30.3 Å². The van der Waals surface area contributed by atoms with Crippen molar-refractivity contribution in [3.63, 3.8) is 0 Å². The molecule has 7 heteroatoms. The quantitative estimate of drug-likeness (QED) is 0.252. The summed E-state index contributed by atoms with van der Waals surface area (Å²) in [5, 5.41) is 10.9. The molecule has 0 spiro atoms. The molecule has 7 nitrogen and oxygen atoms in total. The molecule has 0 unspecified atom stereocenters. The van der Waals surface area contributed by atoms with Gasteiger partial charge in [0, 0.05) is 23.4 Å². The van der Waals surface area contributed by atoms with Crippen LogP contribution in [0.1, 0.15) is 21.5 Å². The summed E-state index contributed by atoms with van der Waals surface area (Å²) in [7, 11) is 1.31. The van der Waals surface area contributed by atoms with Crippen molar-refractivity contribution in [3.05, 3.63) is 117 Å². The van der Waals surface area contributed by atoms with Crippen molar-refractivity contribution in [1.82, 2.24) is 0 Å². The number of amides is 1. The second-order valence-corrected chi connectivity index (χ2v) is 7.02.